The van der Waals surface area contributed by atoms with E-state index in [2.05, 4.69) is 16.4 Å². The van der Waals surface area contributed by atoms with Crippen molar-refractivity contribution in [1.29, 1.82) is 0 Å². The van der Waals surface area contributed by atoms with Gasteiger partial charge in [0.2, 0.25) is 6.41 Å². The highest BCUT2D eigenvalue weighted by Crippen LogP contribution is 1.82. The van der Waals surface area contributed by atoms with Gasteiger partial charge in [-0.05, 0) is 0 Å². The highest BCUT2D eigenvalue weighted by Gasteiger charge is 1.86. The Balaban J connectivity index is 0. The first-order valence-electron chi connectivity index (χ1n) is 1.24. The fourth-order valence-corrected chi connectivity index (χ4v) is 0. The zero-order chi connectivity index (χ0) is 7.21. The molecule has 0 radical (unpaired) electrons. The molecule has 0 fully saturated rings. The molecule has 0 aromatic carbocycles. The van der Waals surface area contributed by atoms with Crippen LogP contribution < -0.4 is 5.73 Å². The third-order valence-electron chi connectivity index (χ3n) is 0. The number of nitrogens with two attached hydrogens (primary N) is 1. The van der Waals surface area contributed by atoms with Crippen molar-refractivity contribution in [1.82, 2.24) is 0 Å². The van der Waals surface area contributed by atoms with Crippen molar-refractivity contribution in [2.24, 2.45) is 5.73 Å². The van der Waals surface area contributed by atoms with Crippen LogP contribution in [0.5, 0.6) is 0 Å². The van der Waals surface area contributed by atoms with Gasteiger partial charge in [-0.1, -0.05) is 0 Å². The van der Waals surface area contributed by atoms with Gasteiger partial charge in [0.25, 0.3) is 0 Å². The standard InChI is InChI=1S/CH3NO.ClHO3S/c2-1-3;1-5(2,3)4/h1H,(H2,2,3);(H,2,3,4). The lowest BCUT2D eigenvalue weighted by Gasteiger charge is -1.65. The summed E-state index contributed by atoms with van der Waals surface area (Å²) >= 11 is 0. The molecule has 0 saturated carbocycles. The number of hydrogen-bond acceptors (Lipinski definition) is 3. The maximum absolute atomic E-state index is 8.95. The van der Waals surface area contributed by atoms with Crippen LogP contribution in [0.25, 0.3) is 0 Å². The van der Waals surface area contributed by atoms with E-state index in [0.29, 0.717) is 0 Å². The minimum atomic E-state index is -4.19. The van der Waals surface area contributed by atoms with Gasteiger partial charge in [0.15, 0.2) is 0 Å². The Morgan fingerprint density at radius 2 is 1.62 bits per heavy atom. The zero-order valence-electron chi connectivity index (χ0n) is 3.61. The molecule has 0 bridgehead atoms. The van der Waals surface area contributed by atoms with Crippen molar-refractivity contribution in [3.63, 3.8) is 0 Å². The maximum atomic E-state index is 8.95. The number of hydrogen-bond donors (Lipinski definition) is 2. The van der Waals surface area contributed by atoms with Crippen molar-refractivity contribution < 1.29 is 17.8 Å². The van der Waals surface area contributed by atoms with E-state index in [-0.39, 0.29) is 6.41 Å². The lowest BCUT2D eigenvalue weighted by molar-refractivity contribution is -0.106. The monoisotopic (exact) mass is 161 g/mol. The fourth-order valence-electron chi connectivity index (χ4n) is 0. The molecule has 0 spiro atoms. The molecule has 8 heavy (non-hydrogen) atoms. The van der Waals surface area contributed by atoms with Gasteiger partial charge in [0.1, 0.15) is 0 Å². The summed E-state index contributed by atoms with van der Waals surface area (Å²) in [6.45, 7) is 0. The van der Waals surface area contributed by atoms with Crippen LogP contribution in [0.3, 0.4) is 0 Å². The second-order valence-corrected chi connectivity index (χ2v) is 2.54. The number of carbonyl (C=O) groups is 1. The van der Waals surface area contributed by atoms with Gasteiger partial charge in [-0.15, -0.1) is 0 Å². The van der Waals surface area contributed by atoms with Crippen molar-refractivity contribution in [2.45, 2.75) is 0 Å². The second kappa shape index (κ2) is 4.82. The average molecular weight is 162 g/mol. The maximum Gasteiger partial charge on any atom is 0.353 e. The van der Waals surface area contributed by atoms with Crippen LogP contribution in [0.1, 0.15) is 0 Å². The molecule has 0 heterocycles. The van der Waals surface area contributed by atoms with Crippen molar-refractivity contribution in [3.05, 3.63) is 0 Å². The minimum absolute atomic E-state index is 0.250. The second-order valence-electron chi connectivity index (χ2n) is 0.548. The Morgan fingerprint density at radius 1 is 1.62 bits per heavy atom. The first-order valence-corrected chi connectivity index (χ1v) is 3.51. The van der Waals surface area contributed by atoms with Crippen LogP contribution in [-0.2, 0) is 14.1 Å². The lowest BCUT2D eigenvalue weighted by atomic mass is 11.5. The van der Waals surface area contributed by atoms with E-state index in [1.165, 1.54) is 0 Å². The Kier molecular flexibility index (Phi) is 6.39. The molecule has 0 saturated heterocycles. The number of carbonyl (C=O) groups excluding carboxylic acids is 1. The molecular formula is CH4ClNO4S. The highest BCUT2D eigenvalue weighted by molar-refractivity contribution is 8.09. The van der Waals surface area contributed by atoms with E-state index >= 15 is 0 Å². The third kappa shape index (κ3) is 1140. The van der Waals surface area contributed by atoms with E-state index in [9.17, 15) is 0 Å². The van der Waals surface area contributed by atoms with Gasteiger partial charge in [0, 0.05) is 10.7 Å². The summed E-state index contributed by atoms with van der Waals surface area (Å²) in [5, 5.41) is 0. The van der Waals surface area contributed by atoms with Gasteiger partial charge >= 0.3 is 9.33 Å². The molecule has 0 aliphatic heterocycles. The molecule has 3 N–H and O–H groups in total. The quantitative estimate of drug-likeness (QED) is 0.274. The molecule has 0 aliphatic rings. The van der Waals surface area contributed by atoms with Gasteiger partial charge in [-0.25, -0.2) is 0 Å². The summed E-state index contributed by atoms with van der Waals surface area (Å²) in [6.07, 6.45) is 0.250. The summed E-state index contributed by atoms with van der Waals surface area (Å²) < 4.78 is 25.2. The van der Waals surface area contributed by atoms with Crippen LogP contribution in [0.2, 0.25) is 0 Å². The Morgan fingerprint density at radius 3 is 1.62 bits per heavy atom. The smallest absolute Gasteiger partial charge is 0.353 e. The molecule has 1 amide bonds. The van der Waals surface area contributed by atoms with Crippen LogP contribution >= 0.6 is 10.7 Å². The number of halogens is 1. The third-order valence-corrected chi connectivity index (χ3v) is 0. The Labute approximate surface area is 50.7 Å². The predicted molar refractivity (Wildman–Crippen MR) is 27.7 cm³/mol. The average Bonchev–Trinajstić information content (AvgIpc) is 1.27. The van der Waals surface area contributed by atoms with Gasteiger partial charge in [0.05, 0.1) is 0 Å². The molecule has 0 aliphatic carbocycles. The van der Waals surface area contributed by atoms with Crippen LogP contribution in [-0.4, -0.2) is 19.4 Å². The highest BCUT2D eigenvalue weighted by atomic mass is 35.7. The van der Waals surface area contributed by atoms with E-state index in [0.717, 1.165) is 0 Å². The zero-order valence-corrected chi connectivity index (χ0v) is 5.19. The van der Waals surface area contributed by atoms with Gasteiger partial charge < -0.3 is 5.73 Å². The van der Waals surface area contributed by atoms with Gasteiger partial charge in [-0.2, -0.15) is 8.42 Å². The molecule has 0 unspecified atom stereocenters. The molecule has 0 aromatic rings. The van der Waals surface area contributed by atoms with Crippen LogP contribution in [0.4, 0.5) is 0 Å². The topological polar surface area (TPSA) is 97.5 Å². The number of amides is 1. The van der Waals surface area contributed by atoms with Crippen molar-refractivity contribution >= 4 is 26.4 Å². The largest absolute Gasteiger partial charge is 0.372 e. The summed E-state index contributed by atoms with van der Waals surface area (Å²) in [5.74, 6) is 0. The summed E-state index contributed by atoms with van der Waals surface area (Å²) in [4.78, 5) is 8.58. The molecule has 0 aromatic heterocycles. The van der Waals surface area contributed by atoms with E-state index < -0.39 is 9.33 Å². The normalized spacial score (nSPS) is 8.75. The molecular weight excluding hydrogens is 158 g/mol. The fraction of sp³-hybridized carbons (Fsp3) is 0. The minimum Gasteiger partial charge on any atom is -0.372 e. The lowest BCUT2D eigenvalue weighted by Crippen LogP contribution is -1.82. The SMILES string of the molecule is NC=O.O=S(=O)(O)Cl. The molecule has 50 valence electrons. The molecule has 7 heteroatoms. The van der Waals surface area contributed by atoms with E-state index in [1.807, 2.05) is 0 Å². The van der Waals surface area contributed by atoms with Crippen molar-refractivity contribution in [2.75, 3.05) is 0 Å². The molecule has 0 rings (SSSR count). The summed E-state index contributed by atoms with van der Waals surface area (Å²) in [7, 11) is -0.137. The van der Waals surface area contributed by atoms with Crippen molar-refractivity contribution in [3.8, 4) is 0 Å². The summed E-state index contributed by atoms with van der Waals surface area (Å²) in [5.41, 5.74) is 4.17. The first-order chi connectivity index (χ1) is 3.41. The first kappa shape index (κ1) is 10.6. The van der Waals surface area contributed by atoms with E-state index in [4.69, 9.17) is 17.8 Å². The number of primary amides is 1. The van der Waals surface area contributed by atoms with Gasteiger partial charge in [-0.3, -0.25) is 9.35 Å². The Bertz CT molecular complexity index is 130. The number of rotatable bonds is 0. The summed E-state index contributed by atoms with van der Waals surface area (Å²) in [6, 6.07) is 0. The van der Waals surface area contributed by atoms with Crippen LogP contribution in [0.15, 0.2) is 0 Å². The Hall–Kier alpha value is -0.330. The van der Waals surface area contributed by atoms with Crippen LogP contribution in [0, 0.1) is 0 Å². The molecule has 5 nitrogen and oxygen atoms in total. The molecule has 0 atom stereocenters. The van der Waals surface area contributed by atoms with E-state index in [1.54, 1.807) is 0 Å². The predicted octanol–water partition coefficient (Wildman–Crippen LogP) is -0.870.